The number of carbonyl (C=O) groups is 2. The molecule has 0 aromatic heterocycles. The average Bonchev–Trinajstić information content (AvgIpc) is 2.79. The Kier molecular flexibility index (Phi) is 9.81. The quantitative estimate of drug-likeness (QED) is 0.283. The van der Waals surface area contributed by atoms with Gasteiger partial charge in [-0.05, 0) is 43.2 Å². The van der Waals surface area contributed by atoms with Crippen LogP contribution in [0.4, 0.5) is 0 Å². The molecular formula is C22H35BN2O8. The van der Waals surface area contributed by atoms with Crippen LogP contribution in [0.25, 0.3) is 0 Å². The number of amides is 2. The van der Waals surface area contributed by atoms with Gasteiger partial charge in [0.15, 0.2) is 11.5 Å². The van der Waals surface area contributed by atoms with Crippen molar-refractivity contribution < 1.29 is 39.0 Å². The lowest BCUT2D eigenvalue weighted by Gasteiger charge is -2.28. The van der Waals surface area contributed by atoms with E-state index >= 15 is 0 Å². The van der Waals surface area contributed by atoms with Crippen molar-refractivity contribution in [1.29, 1.82) is 0 Å². The van der Waals surface area contributed by atoms with E-state index in [1.54, 1.807) is 7.11 Å². The molecule has 1 aromatic carbocycles. The van der Waals surface area contributed by atoms with Gasteiger partial charge in [0.25, 0.3) is 0 Å². The molecule has 5 N–H and O–H groups in total. The summed E-state index contributed by atoms with van der Waals surface area (Å²) in [6.45, 7) is 3.15. The molecule has 2 unspecified atom stereocenters. The Balaban J connectivity index is 2.12. The fraction of sp³-hybridized carbons (Fsp3) is 0.636. The fourth-order valence-electron chi connectivity index (χ4n) is 4.16. The third-order valence-corrected chi connectivity index (χ3v) is 5.83. The maximum absolute atomic E-state index is 12.9. The molecule has 0 heterocycles. The van der Waals surface area contributed by atoms with E-state index in [9.17, 15) is 24.7 Å². The van der Waals surface area contributed by atoms with E-state index in [-0.39, 0.29) is 11.8 Å². The number of nitrogens with one attached hydrogen (secondary N) is 2. The summed E-state index contributed by atoms with van der Waals surface area (Å²) >= 11 is 0. The van der Waals surface area contributed by atoms with Gasteiger partial charge in [-0.1, -0.05) is 13.8 Å². The van der Waals surface area contributed by atoms with Crippen LogP contribution < -0.4 is 24.8 Å². The lowest BCUT2D eigenvalue weighted by atomic mass is 9.75. The first kappa shape index (κ1) is 26.8. The zero-order valence-electron chi connectivity index (χ0n) is 19.9. The second kappa shape index (κ2) is 12.1. The van der Waals surface area contributed by atoms with Gasteiger partial charge in [-0.2, -0.15) is 0 Å². The number of ether oxygens (including phenoxy) is 3. The van der Waals surface area contributed by atoms with E-state index in [0.717, 1.165) is 11.1 Å². The second-order valence-corrected chi connectivity index (χ2v) is 8.62. The molecule has 33 heavy (non-hydrogen) atoms. The van der Waals surface area contributed by atoms with Crippen LogP contribution in [-0.4, -0.2) is 74.0 Å². The number of carbonyl (C=O) groups excluding carboxylic acids is 2. The van der Waals surface area contributed by atoms with Crippen molar-refractivity contribution in [2.45, 2.75) is 51.5 Å². The summed E-state index contributed by atoms with van der Waals surface area (Å²) in [4.78, 5) is 25.5. The van der Waals surface area contributed by atoms with Crippen LogP contribution in [0.15, 0.2) is 6.07 Å². The zero-order chi connectivity index (χ0) is 24.7. The van der Waals surface area contributed by atoms with E-state index in [4.69, 9.17) is 14.2 Å². The molecule has 1 aliphatic carbocycles. The predicted molar refractivity (Wildman–Crippen MR) is 122 cm³/mol. The molecule has 0 saturated carbocycles. The highest BCUT2D eigenvalue weighted by Gasteiger charge is 2.33. The minimum atomic E-state index is -1.75. The molecule has 0 aliphatic heterocycles. The third-order valence-electron chi connectivity index (χ3n) is 5.83. The molecule has 0 bridgehead atoms. The molecule has 184 valence electrons. The maximum atomic E-state index is 12.9. The Bertz CT molecular complexity index is 833. The average molecular weight is 466 g/mol. The number of hydrogen-bond acceptors (Lipinski definition) is 8. The molecule has 0 radical (unpaired) electrons. The van der Waals surface area contributed by atoms with Gasteiger partial charge in [0.2, 0.25) is 17.6 Å². The number of fused-ring (bicyclic) bond motifs is 1. The monoisotopic (exact) mass is 466 g/mol. The van der Waals surface area contributed by atoms with Gasteiger partial charge in [-0.15, -0.1) is 0 Å². The Hall–Kier alpha value is -2.50. The number of hydrogen-bond donors (Lipinski definition) is 5. The molecule has 11 heteroatoms. The minimum absolute atomic E-state index is 0.106. The Morgan fingerprint density at radius 2 is 1.79 bits per heavy atom. The van der Waals surface area contributed by atoms with Gasteiger partial charge in [0.1, 0.15) is 6.04 Å². The number of benzene rings is 1. The fourth-order valence-corrected chi connectivity index (χ4v) is 4.16. The van der Waals surface area contributed by atoms with Crippen LogP contribution in [0.2, 0.25) is 0 Å². The molecule has 0 saturated heterocycles. The SMILES string of the molecule is COc1cc2c(c(OC)c1OC)CCC(C(=O)N[C@@H](CO)C(=O)NC(CC(C)C)B(O)O)C2. The topological polar surface area (TPSA) is 147 Å². The Labute approximate surface area is 194 Å². The molecule has 1 aliphatic rings. The molecular weight excluding hydrogens is 431 g/mol. The molecule has 2 amide bonds. The summed E-state index contributed by atoms with van der Waals surface area (Å²) in [6, 6.07) is 0.623. The van der Waals surface area contributed by atoms with Gasteiger partial charge < -0.3 is 40.0 Å². The normalized spacial score (nSPS) is 16.9. The summed E-state index contributed by atoms with van der Waals surface area (Å²) in [7, 11) is 2.87. The van der Waals surface area contributed by atoms with E-state index < -0.39 is 37.5 Å². The van der Waals surface area contributed by atoms with Crippen molar-refractivity contribution in [2.24, 2.45) is 11.8 Å². The van der Waals surface area contributed by atoms with Crippen LogP contribution in [0.1, 0.15) is 37.8 Å². The standard InChI is InChI=1S/C22H35BN2O8/c1-12(2)8-18(23(29)30)25-22(28)16(11-26)24-21(27)13-6-7-15-14(9-13)10-17(31-3)20(33-5)19(15)32-4/h10,12-13,16,18,26,29-30H,6-9,11H2,1-5H3,(H,24,27)(H,25,28)/t13?,16-,18?/m0/s1. The number of aliphatic hydroxyl groups excluding tert-OH is 1. The van der Waals surface area contributed by atoms with Gasteiger partial charge in [-0.25, -0.2) is 0 Å². The van der Waals surface area contributed by atoms with Crippen LogP contribution >= 0.6 is 0 Å². The predicted octanol–water partition coefficient (Wildman–Crippen LogP) is -0.163. The molecule has 2 rings (SSSR count). The molecule has 0 spiro atoms. The Morgan fingerprint density at radius 3 is 2.30 bits per heavy atom. The van der Waals surface area contributed by atoms with Crippen LogP contribution in [0.3, 0.4) is 0 Å². The van der Waals surface area contributed by atoms with E-state index in [1.165, 1.54) is 14.2 Å². The lowest BCUT2D eigenvalue weighted by Crippen LogP contribution is -2.56. The van der Waals surface area contributed by atoms with Crippen molar-refractivity contribution in [3.63, 3.8) is 0 Å². The zero-order valence-corrected chi connectivity index (χ0v) is 19.9. The van der Waals surface area contributed by atoms with Crippen molar-refractivity contribution in [2.75, 3.05) is 27.9 Å². The summed E-state index contributed by atoms with van der Waals surface area (Å²) in [6.07, 6.45) is 1.83. The molecule has 0 fully saturated rings. The van der Waals surface area contributed by atoms with Crippen molar-refractivity contribution in [1.82, 2.24) is 10.6 Å². The van der Waals surface area contributed by atoms with E-state index in [1.807, 2.05) is 19.9 Å². The lowest BCUT2D eigenvalue weighted by molar-refractivity contribution is -0.132. The van der Waals surface area contributed by atoms with Crippen LogP contribution in [0, 0.1) is 11.8 Å². The number of methoxy groups -OCH3 is 3. The number of aliphatic hydroxyl groups is 1. The van der Waals surface area contributed by atoms with Gasteiger partial charge in [0, 0.05) is 11.5 Å². The Morgan fingerprint density at radius 1 is 1.12 bits per heavy atom. The van der Waals surface area contributed by atoms with E-state index in [2.05, 4.69) is 10.6 Å². The highest BCUT2D eigenvalue weighted by atomic mass is 16.5. The molecule has 10 nitrogen and oxygen atoms in total. The highest BCUT2D eigenvalue weighted by molar-refractivity contribution is 6.43. The first-order valence-electron chi connectivity index (χ1n) is 11.0. The second-order valence-electron chi connectivity index (χ2n) is 8.62. The highest BCUT2D eigenvalue weighted by Crippen LogP contribution is 2.45. The summed E-state index contributed by atoms with van der Waals surface area (Å²) in [5.74, 6) is -0.674. The summed E-state index contributed by atoms with van der Waals surface area (Å²) in [5.41, 5.74) is 1.84. The van der Waals surface area contributed by atoms with Crippen LogP contribution in [-0.2, 0) is 22.4 Å². The van der Waals surface area contributed by atoms with Gasteiger partial charge in [0.05, 0.1) is 33.9 Å². The minimum Gasteiger partial charge on any atom is -0.493 e. The maximum Gasteiger partial charge on any atom is 0.475 e. The van der Waals surface area contributed by atoms with Crippen molar-refractivity contribution >= 4 is 18.9 Å². The summed E-state index contributed by atoms with van der Waals surface area (Å²) < 4.78 is 16.4. The first-order chi connectivity index (χ1) is 15.7. The van der Waals surface area contributed by atoms with Crippen molar-refractivity contribution in [3.05, 3.63) is 17.2 Å². The smallest absolute Gasteiger partial charge is 0.475 e. The first-order valence-corrected chi connectivity index (χ1v) is 11.0. The third kappa shape index (κ3) is 6.52. The van der Waals surface area contributed by atoms with E-state index in [0.29, 0.717) is 42.9 Å². The van der Waals surface area contributed by atoms with Crippen LogP contribution in [0.5, 0.6) is 17.2 Å². The largest absolute Gasteiger partial charge is 0.493 e. The molecule has 3 atom stereocenters. The summed E-state index contributed by atoms with van der Waals surface area (Å²) in [5, 5.41) is 33.8. The van der Waals surface area contributed by atoms with Crippen molar-refractivity contribution in [3.8, 4) is 17.2 Å². The molecule has 1 aromatic rings. The van der Waals surface area contributed by atoms with Gasteiger partial charge >= 0.3 is 7.12 Å². The number of rotatable bonds is 11. The van der Waals surface area contributed by atoms with Gasteiger partial charge in [-0.3, -0.25) is 9.59 Å².